The zero-order valence-corrected chi connectivity index (χ0v) is 10.6. The predicted molar refractivity (Wildman–Crippen MR) is 64.4 cm³/mol. The van der Waals surface area contributed by atoms with Crippen molar-refractivity contribution < 1.29 is 19.0 Å². The Labute approximate surface area is 110 Å². The highest BCUT2D eigenvalue weighted by Gasteiger charge is 2.53. The summed E-state index contributed by atoms with van der Waals surface area (Å²) in [5.41, 5.74) is 0.876. The monoisotopic (exact) mass is 261 g/mol. The summed E-state index contributed by atoms with van der Waals surface area (Å²) in [7, 11) is 0. The molecule has 0 radical (unpaired) electrons. The van der Waals surface area contributed by atoms with E-state index in [1.807, 2.05) is 12.1 Å². The van der Waals surface area contributed by atoms with Crippen molar-refractivity contribution in [3.05, 3.63) is 29.6 Å². The summed E-state index contributed by atoms with van der Waals surface area (Å²) in [6.45, 7) is 1.32. The molecule has 2 fully saturated rings. The molecule has 5 nitrogen and oxygen atoms in total. The van der Waals surface area contributed by atoms with Crippen molar-refractivity contribution in [2.75, 3.05) is 13.2 Å². The first kappa shape index (κ1) is 11.4. The molecular formula is C14H15NO4. The maximum absolute atomic E-state index is 11.9. The van der Waals surface area contributed by atoms with E-state index in [2.05, 4.69) is 4.98 Å². The summed E-state index contributed by atoms with van der Waals surface area (Å²) in [6, 6.07) is 3.80. The average Bonchev–Trinajstić information content (AvgIpc) is 3.00. The molecule has 0 aromatic carbocycles. The van der Waals surface area contributed by atoms with Crippen LogP contribution in [0.25, 0.3) is 0 Å². The lowest BCUT2D eigenvalue weighted by atomic mass is 9.77. The molecule has 100 valence electrons. The van der Waals surface area contributed by atoms with E-state index in [4.69, 9.17) is 14.2 Å². The van der Waals surface area contributed by atoms with Crippen LogP contribution in [0.5, 0.6) is 0 Å². The number of ether oxygens (including phenoxy) is 3. The van der Waals surface area contributed by atoms with Gasteiger partial charge < -0.3 is 14.2 Å². The van der Waals surface area contributed by atoms with Crippen LogP contribution >= 0.6 is 0 Å². The van der Waals surface area contributed by atoms with Crippen LogP contribution in [-0.2, 0) is 19.8 Å². The summed E-state index contributed by atoms with van der Waals surface area (Å²) in [6.07, 6.45) is 4.62. The molecule has 1 saturated heterocycles. The topological polar surface area (TPSA) is 57.7 Å². The minimum atomic E-state index is -0.513. The fourth-order valence-electron chi connectivity index (χ4n) is 3.41. The molecule has 0 unspecified atom stereocenters. The maximum Gasteiger partial charge on any atom is 0.358 e. The lowest BCUT2D eigenvalue weighted by Crippen LogP contribution is -2.42. The van der Waals surface area contributed by atoms with Gasteiger partial charge in [0, 0.05) is 24.6 Å². The second-order valence-corrected chi connectivity index (χ2v) is 5.39. The summed E-state index contributed by atoms with van der Waals surface area (Å²) >= 11 is 0. The van der Waals surface area contributed by atoms with E-state index in [9.17, 15) is 4.79 Å². The molecule has 0 N–H and O–H groups in total. The van der Waals surface area contributed by atoms with E-state index in [-0.39, 0.29) is 5.97 Å². The van der Waals surface area contributed by atoms with Gasteiger partial charge >= 0.3 is 5.97 Å². The van der Waals surface area contributed by atoms with Crippen LogP contribution in [0.1, 0.15) is 41.7 Å². The molecule has 4 rings (SSSR count). The number of aromatic nitrogens is 1. The van der Waals surface area contributed by atoms with E-state index in [1.54, 1.807) is 6.20 Å². The van der Waals surface area contributed by atoms with E-state index in [1.165, 1.54) is 0 Å². The fraction of sp³-hybridized carbons (Fsp3) is 0.571. The summed E-state index contributed by atoms with van der Waals surface area (Å²) in [5, 5.41) is 0. The van der Waals surface area contributed by atoms with Crippen LogP contribution in [0, 0.1) is 0 Å². The molecule has 0 amide bonds. The highest BCUT2D eigenvalue weighted by molar-refractivity contribution is 5.92. The molecule has 1 aromatic heterocycles. The number of fused-ring (bicyclic) bond motifs is 2. The highest BCUT2D eigenvalue weighted by atomic mass is 16.7. The van der Waals surface area contributed by atoms with Crippen LogP contribution in [0.2, 0.25) is 0 Å². The lowest BCUT2D eigenvalue weighted by Gasteiger charge is -2.40. The second kappa shape index (κ2) is 3.77. The van der Waals surface area contributed by atoms with E-state index < -0.39 is 11.4 Å². The minimum Gasteiger partial charge on any atom is -0.449 e. The van der Waals surface area contributed by atoms with E-state index in [0.29, 0.717) is 18.9 Å². The molecule has 0 bridgehead atoms. The smallest absolute Gasteiger partial charge is 0.358 e. The normalized spacial score (nSPS) is 26.6. The van der Waals surface area contributed by atoms with Gasteiger partial charge in [-0.3, -0.25) is 0 Å². The number of hydrogen-bond acceptors (Lipinski definition) is 5. The SMILES string of the molecule is O=C1OC2(CCC3(CC2)OCCO3)c2cccnc21. The van der Waals surface area contributed by atoms with Crippen molar-refractivity contribution in [2.45, 2.75) is 37.1 Å². The van der Waals surface area contributed by atoms with Gasteiger partial charge in [-0.15, -0.1) is 0 Å². The van der Waals surface area contributed by atoms with Gasteiger partial charge in [0.1, 0.15) is 5.60 Å². The van der Waals surface area contributed by atoms with Gasteiger partial charge in [-0.25, -0.2) is 9.78 Å². The third-order valence-electron chi connectivity index (χ3n) is 4.41. The quantitative estimate of drug-likeness (QED) is 0.666. The van der Waals surface area contributed by atoms with Gasteiger partial charge in [-0.2, -0.15) is 0 Å². The van der Waals surface area contributed by atoms with E-state index >= 15 is 0 Å². The number of carbonyl (C=O) groups is 1. The third kappa shape index (κ3) is 1.55. The predicted octanol–water partition coefficient (Wildman–Crippen LogP) is 1.76. The number of rotatable bonds is 0. The zero-order chi connectivity index (χ0) is 12.9. The molecule has 19 heavy (non-hydrogen) atoms. The molecule has 0 atom stereocenters. The molecular weight excluding hydrogens is 246 g/mol. The van der Waals surface area contributed by atoms with Gasteiger partial charge in [0.05, 0.1) is 13.2 Å². The van der Waals surface area contributed by atoms with E-state index in [0.717, 1.165) is 31.2 Å². The van der Waals surface area contributed by atoms with Crippen molar-refractivity contribution in [2.24, 2.45) is 0 Å². The van der Waals surface area contributed by atoms with Crippen LogP contribution in [0.4, 0.5) is 0 Å². The Kier molecular flexibility index (Phi) is 2.26. The van der Waals surface area contributed by atoms with Crippen molar-refractivity contribution in [1.82, 2.24) is 4.98 Å². The Bertz CT molecular complexity index is 526. The molecule has 1 aromatic rings. The Morgan fingerprint density at radius 2 is 1.84 bits per heavy atom. The molecule has 2 aliphatic heterocycles. The first-order valence-corrected chi connectivity index (χ1v) is 6.70. The van der Waals surface area contributed by atoms with Crippen molar-refractivity contribution in [3.63, 3.8) is 0 Å². The Hall–Kier alpha value is -1.46. The molecule has 2 spiro atoms. The number of hydrogen-bond donors (Lipinski definition) is 0. The second-order valence-electron chi connectivity index (χ2n) is 5.39. The molecule has 1 aliphatic carbocycles. The zero-order valence-electron chi connectivity index (χ0n) is 10.6. The lowest BCUT2D eigenvalue weighted by molar-refractivity contribution is -0.202. The van der Waals surface area contributed by atoms with Gasteiger partial charge in [0.15, 0.2) is 11.5 Å². The van der Waals surface area contributed by atoms with Crippen molar-refractivity contribution in [3.8, 4) is 0 Å². The number of pyridine rings is 1. The maximum atomic E-state index is 11.9. The summed E-state index contributed by atoms with van der Waals surface area (Å²) < 4.78 is 17.1. The van der Waals surface area contributed by atoms with Crippen LogP contribution in [0.3, 0.4) is 0 Å². The molecule has 3 aliphatic rings. The van der Waals surface area contributed by atoms with Crippen molar-refractivity contribution in [1.29, 1.82) is 0 Å². The number of carbonyl (C=O) groups excluding carboxylic acids is 1. The van der Waals surface area contributed by atoms with Crippen LogP contribution < -0.4 is 0 Å². The Balaban J connectivity index is 1.65. The van der Waals surface area contributed by atoms with Crippen LogP contribution in [0.15, 0.2) is 18.3 Å². The standard InChI is InChI=1S/C14H15NO4/c16-12-11-10(2-1-7-15-11)13(19-12)3-5-14(6-4-13)17-8-9-18-14/h1-2,7H,3-6,8-9H2. The molecule has 3 heterocycles. The third-order valence-corrected chi connectivity index (χ3v) is 4.41. The Morgan fingerprint density at radius 1 is 1.11 bits per heavy atom. The largest absolute Gasteiger partial charge is 0.449 e. The average molecular weight is 261 g/mol. The fourth-order valence-corrected chi connectivity index (χ4v) is 3.41. The van der Waals surface area contributed by atoms with Gasteiger partial charge in [-0.1, -0.05) is 6.07 Å². The summed E-state index contributed by atoms with van der Waals surface area (Å²) in [4.78, 5) is 16.0. The Morgan fingerprint density at radius 3 is 2.58 bits per heavy atom. The molecule has 1 saturated carbocycles. The van der Waals surface area contributed by atoms with Gasteiger partial charge in [0.25, 0.3) is 0 Å². The molecule has 5 heteroatoms. The minimum absolute atomic E-state index is 0.306. The van der Waals surface area contributed by atoms with Crippen LogP contribution in [-0.4, -0.2) is 30.0 Å². The van der Waals surface area contributed by atoms with Gasteiger partial charge in [-0.05, 0) is 18.9 Å². The first-order valence-electron chi connectivity index (χ1n) is 6.70. The number of nitrogens with zero attached hydrogens (tertiary/aromatic N) is 1. The van der Waals surface area contributed by atoms with Gasteiger partial charge in [0.2, 0.25) is 0 Å². The van der Waals surface area contributed by atoms with Crippen molar-refractivity contribution >= 4 is 5.97 Å². The highest BCUT2D eigenvalue weighted by Crippen LogP contribution is 2.50. The first-order chi connectivity index (χ1) is 9.23. The number of esters is 1. The summed E-state index contributed by atoms with van der Waals surface area (Å²) in [5.74, 6) is -0.748.